The van der Waals surface area contributed by atoms with Crippen molar-refractivity contribution in [1.82, 2.24) is 5.32 Å². The van der Waals surface area contributed by atoms with Gasteiger partial charge in [0.05, 0.1) is 18.8 Å². The quantitative estimate of drug-likeness (QED) is 0.690. The summed E-state index contributed by atoms with van der Waals surface area (Å²) in [6, 6.07) is 0.656. The van der Waals surface area contributed by atoms with E-state index in [1.165, 1.54) is 45.1 Å². The van der Waals surface area contributed by atoms with Gasteiger partial charge in [-0.1, -0.05) is 25.0 Å². The van der Waals surface area contributed by atoms with Crippen molar-refractivity contribution in [2.24, 2.45) is 11.8 Å². The highest BCUT2D eigenvalue weighted by Gasteiger charge is 2.37. The Balaban J connectivity index is 1.60. The molecule has 3 aliphatic rings. The van der Waals surface area contributed by atoms with Gasteiger partial charge in [-0.15, -0.1) is 0 Å². The van der Waals surface area contributed by atoms with Gasteiger partial charge in [-0.3, -0.25) is 0 Å². The lowest BCUT2D eigenvalue weighted by Gasteiger charge is -2.40. The van der Waals surface area contributed by atoms with Crippen molar-refractivity contribution in [2.75, 3.05) is 26.9 Å². The van der Waals surface area contributed by atoms with E-state index in [2.05, 4.69) is 24.4 Å². The van der Waals surface area contributed by atoms with Crippen molar-refractivity contribution >= 4 is 0 Å². The Morgan fingerprint density at radius 2 is 1.77 bits per heavy atom. The fraction of sp³-hybridized carbons (Fsp3) is 0.909. The molecule has 2 fully saturated rings. The summed E-state index contributed by atoms with van der Waals surface area (Å²) in [4.78, 5) is 0. The summed E-state index contributed by atoms with van der Waals surface area (Å²) in [5.41, 5.74) is 0. The molecule has 0 aromatic rings. The lowest BCUT2D eigenvalue weighted by molar-refractivity contribution is -0.157. The van der Waals surface area contributed by atoms with Crippen LogP contribution in [0.5, 0.6) is 0 Å². The average Bonchev–Trinajstić information content (AvgIpc) is 2.96. The van der Waals surface area contributed by atoms with Crippen molar-refractivity contribution in [1.29, 1.82) is 0 Å². The highest BCUT2D eigenvalue weighted by Crippen LogP contribution is 2.33. The zero-order chi connectivity index (χ0) is 18.2. The van der Waals surface area contributed by atoms with Gasteiger partial charge in [0.2, 0.25) is 0 Å². The molecule has 0 aromatic carbocycles. The number of rotatable bonds is 7. The van der Waals surface area contributed by atoms with E-state index < -0.39 is 0 Å². The topological polar surface area (TPSA) is 39.7 Å². The van der Waals surface area contributed by atoms with Crippen molar-refractivity contribution in [3.63, 3.8) is 0 Å². The second-order valence-corrected chi connectivity index (χ2v) is 8.27. The van der Waals surface area contributed by atoms with Gasteiger partial charge in [-0.2, -0.15) is 0 Å². The van der Waals surface area contributed by atoms with E-state index >= 15 is 0 Å². The van der Waals surface area contributed by atoms with E-state index in [-0.39, 0.29) is 18.3 Å². The second kappa shape index (κ2) is 10.8. The number of allylic oxidation sites excluding steroid dienone is 2. The molecule has 6 atom stereocenters. The molecule has 0 amide bonds. The fourth-order valence-corrected chi connectivity index (χ4v) is 5.18. The number of methoxy groups -OCH3 is 1. The van der Waals surface area contributed by atoms with Gasteiger partial charge in [0.15, 0.2) is 0 Å². The summed E-state index contributed by atoms with van der Waals surface area (Å²) < 4.78 is 18.3. The number of hydrogen-bond donors (Lipinski definition) is 1. The molecule has 4 heteroatoms. The number of ether oxygens (including phenoxy) is 3. The third-order valence-corrected chi connectivity index (χ3v) is 6.63. The van der Waals surface area contributed by atoms with Crippen LogP contribution in [-0.4, -0.2) is 51.2 Å². The average molecular weight is 366 g/mol. The van der Waals surface area contributed by atoms with E-state index in [1.807, 2.05) is 7.11 Å². The largest absolute Gasteiger partial charge is 0.379 e. The van der Waals surface area contributed by atoms with Crippen LogP contribution in [0.25, 0.3) is 0 Å². The maximum atomic E-state index is 6.53. The number of nitrogens with one attached hydrogen (secondary N) is 1. The molecule has 0 radical (unpaired) electrons. The van der Waals surface area contributed by atoms with E-state index in [9.17, 15) is 0 Å². The van der Waals surface area contributed by atoms with Crippen LogP contribution in [0.4, 0.5) is 0 Å². The lowest BCUT2D eigenvalue weighted by atomic mass is 9.77. The highest BCUT2D eigenvalue weighted by molar-refractivity contribution is 4.99. The van der Waals surface area contributed by atoms with Gasteiger partial charge >= 0.3 is 0 Å². The monoisotopic (exact) mass is 365 g/mol. The maximum Gasteiger partial charge on any atom is 0.110 e. The lowest BCUT2D eigenvalue weighted by Crippen LogP contribution is -2.47. The SMILES string of the molecule is CCOC1CCCC(OC)C1OCC1CC=CCC1C1CCCCCN1. The summed E-state index contributed by atoms with van der Waals surface area (Å²) in [6.45, 7) is 4.84. The van der Waals surface area contributed by atoms with Gasteiger partial charge in [0.25, 0.3) is 0 Å². The van der Waals surface area contributed by atoms with Crippen LogP contribution >= 0.6 is 0 Å². The van der Waals surface area contributed by atoms with Crippen LogP contribution in [0.2, 0.25) is 0 Å². The molecule has 1 saturated heterocycles. The molecule has 4 nitrogen and oxygen atoms in total. The minimum Gasteiger partial charge on any atom is -0.379 e. The Kier molecular flexibility index (Phi) is 8.44. The smallest absolute Gasteiger partial charge is 0.110 e. The molecule has 3 rings (SSSR count). The standard InChI is InChI=1S/C22H39NO3/c1-3-25-21-14-9-13-20(24-2)22(21)26-16-17-10-6-7-11-18(17)19-12-5-4-8-15-23-19/h6-7,17-23H,3-5,8-16H2,1-2H3. The Hall–Kier alpha value is -0.420. The Bertz CT molecular complexity index is 418. The predicted molar refractivity (Wildman–Crippen MR) is 105 cm³/mol. The Morgan fingerprint density at radius 3 is 2.62 bits per heavy atom. The van der Waals surface area contributed by atoms with Crippen molar-refractivity contribution in [3.05, 3.63) is 12.2 Å². The third kappa shape index (κ3) is 5.31. The molecule has 2 aliphatic carbocycles. The minimum absolute atomic E-state index is 0.0855. The summed E-state index contributed by atoms with van der Waals surface area (Å²) in [7, 11) is 1.82. The van der Waals surface area contributed by atoms with Crippen LogP contribution in [-0.2, 0) is 14.2 Å². The Morgan fingerprint density at radius 1 is 0.923 bits per heavy atom. The molecule has 1 saturated carbocycles. The zero-order valence-corrected chi connectivity index (χ0v) is 16.8. The maximum absolute atomic E-state index is 6.53. The molecule has 26 heavy (non-hydrogen) atoms. The van der Waals surface area contributed by atoms with Gasteiger partial charge < -0.3 is 19.5 Å². The first-order chi connectivity index (χ1) is 12.8. The van der Waals surface area contributed by atoms with Crippen LogP contribution in [0.3, 0.4) is 0 Å². The van der Waals surface area contributed by atoms with Crippen LogP contribution < -0.4 is 5.32 Å². The van der Waals surface area contributed by atoms with Crippen LogP contribution in [0.1, 0.15) is 64.7 Å². The third-order valence-electron chi connectivity index (χ3n) is 6.63. The van der Waals surface area contributed by atoms with Gasteiger partial charge in [0.1, 0.15) is 6.10 Å². The van der Waals surface area contributed by atoms with Gasteiger partial charge in [-0.25, -0.2) is 0 Å². The molecule has 6 unspecified atom stereocenters. The van der Waals surface area contributed by atoms with E-state index in [4.69, 9.17) is 14.2 Å². The van der Waals surface area contributed by atoms with E-state index in [0.717, 1.165) is 32.5 Å². The summed E-state index contributed by atoms with van der Waals surface area (Å²) >= 11 is 0. The van der Waals surface area contributed by atoms with Gasteiger partial charge in [0, 0.05) is 19.8 Å². The number of hydrogen-bond acceptors (Lipinski definition) is 4. The van der Waals surface area contributed by atoms with Crippen molar-refractivity contribution in [2.45, 2.75) is 89.1 Å². The minimum atomic E-state index is 0.0855. The molecular weight excluding hydrogens is 326 g/mol. The summed E-state index contributed by atoms with van der Waals surface area (Å²) in [6.07, 6.45) is 16.3. The van der Waals surface area contributed by atoms with Crippen LogP contribution in [0.15, 0.2) is 12.2 Å². The molecule has 1 N–H and O–H groups in total. The molecule has 0 bridgehead atoms. The van der Waals surface area contributed by atoms with E-state index in [0.29, 0.717) is 17.9 Å². The zero-order valence-electron chi connectivity index (χ0n) is 16.8. The van der Waals surface area contributed by atoms with Crippen LogP contribution in [0, 0.1) is 11.8 Å². The molecule has 1 heterocycles. The molecular formula is C22H39NO3. The molecule has 1 aliphatic heterocycles. The summed E-state index contributed by atoms with van der Waals surface area (Å²) in [5, 5.41) is 3.83. The Labute approximate surface area is 160 Å². The molecule has 0 spiro atoms. The first-order valence-corrected chi connectivity index (χ1v) is 11.0. The first kappa shape index (κ1) is 20.3. The van der Waals surface area contributed by atoms with E-state index in [1.54, 1.807) is 0 Å². The molecule has 150 valence electrons. The van der Waals surface area contributed by atoms with Crippen molar-refractivity contribution in [3.8, 4) is 0 Å². The molecule has 0 aromatic heterocycles. The normalized spacial score (nSPS) is 38.8. The highest BCUT2D eigenvalue weighted by atomic mass is 16.6. The second-order valence-electron chi connectivity index (χ2n) is 8.27. The summed E-state index contributed by atoms with van der Waals surface area (Å²) in [5.74, 6) is 1.31. The predicted octanol–water partition coefficient (Wildman–Crippen LogP) is 4.09. The fourth-order valence-electron chi connectivity index (χ4n) is 5.18. The van der Waals surface area contributed by atoms with Crippen molar-refractivity contribution < 1.29 is 14.2 Å². The first-order valence-electron chi connectivity index (χ1n) is 11.0. The van der Waals surface area contributed by atoms with Gasteiger partial charge in [-0.05, 0) is 70.3 Å².